The van der Waals surface area contributed by atoms with Crippen molar-refractivity contribution in [1.82, 2.24) is 4.57 Å². The predicted molar refractivity (Wildman–Crippen MR) is 132 cm³/mol. The zero-order valence-electron chi connectivity index (χ0n) is 20.5. The molecule has 3 aromatic rings. The molecule has 0 aliphatic heterocycles. The van der Waals surface area contributed by atoms with Crippen LogP contribution in [0.25, 0.3) is 10.9 Å². The summed E-state index contributed by atoms with van der Waals surface area (Å²) in [6.07, 6.45) is 3.59. The van der Waals surface area contributed by atoms with Gasteiger partial charge in [0.2, 0.25) is 5.91 Å². The van der Waals surface area contributed by atoms with Gasteiger partial charge in [0.15, 0.2) is 0 Å². The molecule has 0 saturated carbocycles. The molecule has 33 heavy (non-hydrogen) atoms. The molecule has 0 radical (unpaired) electrons. The SMILES string of the molecule is CCCCCC(=O)Nc1cc2c(cc1C)c(C)c(C)n2Cc1ccc(C(=O)OC)cc1OC. The number of hydrogen-bond acceptors (Lipinski definition) is 4. The number of carbonyl (C=O) groups excluding carboxylic acids is 2. The average Bonchev–Trinajstić information content (AvgIpc) is 3.03. The highest BCUT2D eigenvalue weighted by molar-refractivity contribution is 5.96. The fraction of sp³-hybridized carbons (Fsp3) is 0.407. The summed E-state index contributed by atoms with van der Waals surface area (Å²) in [7, 11) is 2.96. The van der Waals surface area contributed by atoms with Crippen LogP contribution in [0, 0.1) is 20.8 Å². The molecule has 0 saturated heterocycles. The second-order valence-electron chi connectivity index (χ2n) is 8.50. The van der Waals surface area contributed by atoms with Gasteiger partial charge < -0.3 is 19.4 Å². The lowest BCUT2D eigenvalue weighted by Crippen LogP contribution is -2.12. The molecular weight excluding hydrogens is 416 g/mol. The van der Waals surface area contributed by atoms with E-state index in [-0.39, 0.29) is 5.91 Å². The summed E-state index contributed by atoms with van der Waals surface area (Å²) in [6, 6.07) is 9.58. The van der Waals surface area contributed by atoms with E-state index >= 15 is 0 Å². The Morgan fingerprint density at radius 2 is 1.79 bits per heavy atom. The summed E-state index contributed by atoms with van der Waals surface area (Å²) < 4.78 is 12.6. The van der Waals surface area contributed by atoms with Crippen molar-refractivity contribution in [2.24, 2.45) is 0 Å². The Labute approximate surface area is 195 Å². The molecule has 1 amide bonds. The minimum Gasteiger partial charge on any atom is -0.496 e. The van der Waals surface area contributed by atoms with E-state index in [1.165, 1.54) is 18.1 Å². The second-order valence-corrected chi connectivity index (χ2v) is 8.50. The molecule has 3 rings (SSSR count). The van der Waals surface area contributed by atoms with Gasteiger partial charge in [-0.2, -0.15) is 0 Å². The van der Waals surface area contributed by atoms with Crippen LogP contribution in [0.2, 0.25) is 0 Å². The minimum absolute atomic E-state index is 0.0533. The smallest absolute Gasteiger partial charge is 0.337 e. The molecule has 0 aliphatic rings. The van der Waals surface area contributed by atoms with Crippen LogP contribution in [0.3, 0.4) is 0 Å². The Morgan fingerprint density at radius 3 is 2.45 bits per heavy atom. The number of anilines is 1. The Bertz CT molecular complexity index is 1180. The van der Waals surface area contributed by atoms with E-state index in [9.17, 15) is 9.59 Å². The number of rotatable bonds is 9. The molecule has 0 atom stereocenters. The maximum atomic E-state index is 12.4. The van der Waals surface area contributed by atoms with Gasteiger partial charge in [0.05, 0.1) is 31.8 Å². The summed E-state index contributed by atoms with van der Waals surface area (Å²) in [5.74, 6) is 0.291. The Hall–Kier alpha value is -3.28. The molecule has 0 aliphatic carbocycles. The van der Waals surface area contributed by atoms with Gasteiger partial charge >= 0.3 is 5.97 Å². The number of nitrogens with zero attached hydrogens (tertiary/aromatic N) is 1. The fourth-order valence-electron chi connectivity index (χ4n) is 4.18. The summed E-state index contributed by atoms with van der Waals surface area (Å²) >= 11 is 0. The molecule has 6 heteroatoms. The highest BCUT2D eigenvalue weighted by Crippen LogP contribution is 2.32. The molecule has 176 valence electrons. The summed E-state index contributed by atoms with van der Waals surface area (Å²) in [5.41, 5.74) is 6.71. The van der Waals surface area contributed by atoms with Crippen LogP contribution in [0.5, 0.6) is 5.75 Å². The summed E-state index contributed by atoms with van der Waals surface area (Å²) in [4.78, 5) is 24.4. The number of benzene rings is 2. The van der Waals surface area contributed by atoms with Crippen molar-refractivity contribution in [1.29, 1.82) is 0 Å². The standard InChI is InChI=1S/C27H34N2O4/c1-7-8-9-10-26(30)28-23-15-24-22(13-17(23)2)18(3)19(4)29(24)16-21-12-11-20(27(31)33-6)14-25(21)32-5/h11-15H,7-10,16H2,1-6H3,(H,28,30). The highest BCUT2D eigenvalue weighted by atomic mass is 16.5. The molecule has 2 aromatic carbocycles. The van der Waals surface area contributed by atoms with Crippen LogP contribution in [0.4, 0.5) is 5.69 Å². The van der Waals surface area contributed by atoms with Crippen molar-refractivity contribution in [2.75, 3.05) is 19.5 Å². The number of nitrogens with one attached hydrogen (secondary N) is 1. The predicted octanol–water partition coefficient (Wildman–Crippen LogP) is 5.93. The van der Waals surface area contributed by atoms with Gasteiger partial charge in [0.1, 0.15) is 5.75 Å². The number of esters is 1. The van der Waals surface area contributed by atoms with E-state index in [2.05, 4.69) is 42.8 Å². The molecule has 1 aromatic heterocycles. The molecular formula is C27H34N2O4. The normalized spacial score (nSPS) is 11.0. The quantitative estimate of drug-likeness (QED) is 0.324. The maximum absolute atomic E-state index is 12.4. The summed E-state index contributed by atoms with van der Waals surface area (Å²) in [6.45, 7) is 8.96. The lowest BCUT2D eigenvalue weighted by Gasteiger charge is -2.15. The lowest BCUT2D eigenvalue weighted by molar-refractivity contribution is -0.116. The van der Waals surface area contributed by atoms with Gasteiger partial charge in [-0.25, -0.2) is 4.79 Å². The van der Waals surface area contributed by atoms with Gasteiger partial charge in [0.25, 0.3) is 0 Å². The number of aryl methyl sites for hydroxylation is 2. The number of carbonyl (C=O) groups is 2. The largest absolute Gasteiger partial charge is 0.496 e. The number of aromatic nitrogens is 1. The van der Waals surface area contributed by atoms with Gasteiger partial charge in [0, 0.05) is 28.8 Å². The number of amides is 1. The highest BCUT2D eigenvalue weighted by Gasteiger charge is 2.17. The average molecular weight is 451 g/mol. The number of fused-ring (bicyclic) bond motifs is 1. The van der Waals surface area contributed by atoms with E-state index in [1.54, 1.807) is 19.2 Å². The van der Waals surface area contributed by atoms with Crippen LogP contribution in [0.1, 0.15) is 65.3 Å². The Balaban J connectivity index is 1.99. The fourth-order valence-corrected chi connectivity index (χ4v) is 4.18. The van der Waals surface area contributed by atoms with Crippen LogP contribution < -0.4 is 10.1 Å². The van der Waals surface area contributed by atoms with Gasteiger partial charge in [-0.05, 0) is 62.6 Å². The van der Waals surface area contributed by atoms with E-state index in [0.717, 1.165) is 47.3 Å². The van der Waals surface area contributed by atoms with E-state index in [4.69, 9.17) is 9.47 Å². The van der Waals surface area contributed by atoms with Crippen molar-refractivity contribution in [3.63, 3.8) is 0 Å². The first-order chi connectivity index (χ1) is 15.8. The third kappa shape index (κ3) is 5.21. The van der Waals surface area contributed by atoms with Gasteiger partial charge in [-0.15, -0.1) is 0 Å². The third-order valence-corrected chi connectivity index (χ3v) is 6.30. The molecule has 6 nitrogen and oxygen atoms in total. The van der Waals surface area contributed by atoms with Crippen molar-refractivity contribution in [3.05, 3.63) is 58.3 Å². The molecule has 1 heterocycles. The number of unbranched alkanes of at least 4 members (excludes halogenated alkanes) is 2. The van der Waals surface area contributed by atoms with Crippen molar-refractivity contribution < 1.29 is 19.1 Å². The zero-order chi connectivity index (χ0) is 24.1. The topological polar surface area (TPSA) is 69.6 Å². The second kappa shape index (κ2) is 10.6. The number of methoxy groups -OCH3 is 2. The zero-order valence-corrected chi connectivity index (χ0v) is 20.5. The monoisotopic (exact) mass is 450 g/mol. The summed E-state index contributed by atoms with van der Waals surface area (Å²) in [5, 5.41) is 4.27. The minimum atomic E-state index is -0.395. The number of hydrogen-bond donors (Lipinski definition) is 1. The van der Waals surface area contributed by atoms with Gasteiger partial charge in [-0.1, -0.05) is 25.8 Å². The van der Waals surface area contributed by atoms with E-state index in [1.807, 2.05) is 13.0 Å². The van der Waals surface area contributed by atoms with Crippen LogP contribution in [-0.2, 0) is 16.1 Å². The van der Waals surface area contributed by atoms with Crippen LogP contribution in [0.15, 0.2) is 30.3 Å². The molecule has 0 unspecified atom stereocenters. The van der Waals surface area contributed by atoms with Crippen LogP contribution in [-0.4, -0.2) is 30.7 Å². The first-order valence-electron chi connectivity index (χ1n) is 11.5. The van der Waals surface area contributed by atoms with Crippen molar-refractivity contribution >= 4 is 28.5 Å². The molecule has 1 N–H and O–H groups in total. The van der Waals surface area contributed by atoms with Crippen LogP contribution >= 0.6 is 0 Å². The third-order valence-electron chi connectivity index (χ3n) is 6.30. The molecule has 0 bridgehead atoms. The Morgan fingerprint density at radius 1 is 1.03 bits per heavy atom. The first-order valence-corrected chi connectivity index (χ1v) is 11.5. The molecule has 0 spiro atoms. The Kier molecular flexibility index (Phi) is 7.79. The van der Waals surface area contributed by atoms with E-state index in [0.29, 0.717) is 24.3 Å². The lowest BCUT2D eigenvalue weighted by atomic mass is 10.1. The van der Waals surface area contributed by atoms with Crippen molar-refractivity contribution in [2.45, 2.75) is 59.9 Å². The van der Waals surface area contributed by atoms with Crippen molar-refractivity contribution in [3.8, 4) is 5.75 Å². The number of ether oxygens (including phenoxy) is 2. The first kappa shape index (κ1) is 24.4. The maximum Gasteiger partial charge on any atom is 0.337 e. The van der Waals surface area contributed by atoms with Gasteiger partial charge in [-0.3, -0.25) is 4.79 Å². The van der Waals surface area contributed by atoms with E-state index < -0.39 is 5.97 Å². The molecule has 0 fully saturated rings.